The molecule has 0 unspecified atom stereocenters. The fourth-order valence-corrected chi connectivity index (χ4v) is 3.61. The van der Waals surface area contributed by atoms with Crippen molar-refractivity contribution >= 4 is 34.9 Å². The van der Waals surface area contributed by atoms with E-state index >= 15 is 0 Å². The molecule has 1 aromatic heterocycles. The van der Waals surface area contributed by atoms with Crippen LogP contribution in [0, 0.1) is 4.77 Å². The van der Waals surface area contributed by atoms with Crippen LogP contribution in [0.4, 0.5) is 0 Å². The third-order valence-corrected chi connectivity index (χ3v) is 5.10. The molecule has 7 nitrogen and oxygen atoms in total. The highest BCUT2D eigenvalue weighted by Crippen LogP contribution is 2.09. The van der Waals surface area contributed by atoms with Crippen molar-refractivity contribution in [3.63, 3.8) is 0 Å². The maximum atomic E-state index is 12.5. The summed E-state index contributed by atoms with van der Waals surface area (Å²) in [4.78, 5) is 40.9. The van der Waals surface area contributed by atoms with Gasteiger partial charge in [0.15, 0.2) is 4.77 Å². The van der Waals surface area contributed by atoms with Gasteiger partial charge in [0, 0.05) is 39.0 Å². The number of likely N-dealkylation sites (tertiary alicyclic amines) is 1. The lowest BCUT2D eigenvalue weighted by Gasteiger charge is -2.15. The molecule has 27 heavy (non-hydrogen) atoms. The molecule has 1 aliphatic rings. The number of hydrogen-bond donors (Lipinski definition) is 2. The van der Waals surface area contributed by atoms with E-state index in [0.29, 0.717) is 49.1 Å². The van der Waals surface area contributed by atoms with Gasteiger partial charge in [0.05, 0.1) is 10.9 Å². The zero-order chi connectivity index (χ0) is 19.2. The summed E-state index contributed by atoms with van der Waals surface area (Å²) >= 11 is 5.27. The molecule has 2 amide bonds. The highest BCUT2D eigenvalue weighted by atomic mass is 32.1. The molecule has 2 aromatic rings. The molecule has 0 bridgehead atoms. The van der Waals surface area contributed by atoms with Crippen LogP contribution in [0.15, 0.2) is 29.1 Å². The lowest BCUT2D eigenvalue weighted by Crippen LogP contribution is -2.30. The van der Waals surface area contributed by atoms with Gasteiger partial charge >= 0.3 is 0 Å². The number of benzene rings is 1. The largest absolute Gasteiger partial charge is 0.356 e. The van der Waals surface area contributed by atoms with Gasteiger partial charge in [-0.2, -0.15) is 0 Å². The summed E-state index contributed by atoms with van der Waals surface area (Å²) in [5, 5.41) is 3.46. The number of H-pyrrole nitrogens is 1. The van der Waals surface area contributed by atoms with Crippen molar-refractivity contribution in [3.05, 3.63) is 39.4 Å². The molecule has 0 atom stereocenters. The van der Waals surface area contributed by atoms with Gasteiger partial charge in [0.25, 0.3) is 5.56 Å². The lowest BCUT2D eigenvalue weighted by molar-refractivity contribution is -0.127. The quantitative estimate of drug-likeness (QED) is 0.535. The normalized spacial score (nSPS) is 14.1. The Labute approximate surface area is 162 Å². The second-order valence-corrected chi connectivity index (χ2v) is 7.11. The summed E-state index contributed by atoms with van der Waals surface area (Å²) in [5.41, 5.74) is 0.586. The average Bonchev–Trinajstić information content (AvgIpc) is 3.06. The van der Waals surface area contributed by atoms with Crippen molar-refractivity contribution in [1.82, 2.24) is 19.8 Å². The number of nitrogens with zero attached hydrogens (tertiary/aromatic N) is 2. The number of rotatable bonds is 8. The molecule has 144 valence electrons. The van der Waals surface area contributed by atoms with E-state index in [-0.39, 0.29) is 17.4 Å². The number of hydrogen-bond acceptors (Lipinski definition) is 4. The first-order valence-corrected chi connectivity index (χ1v) is 9.73. The molecule has 0 spiro atoms. The predicted octanol–water partition coefficient (Wildman–Crippen LogP) is 1.97. The summed E-state index contributed by atoms with van der Waals surface area (Å²) in [6.45, 7) is 2.47. The third-order valence-electron chi connectivity index (χ3n) is 4.77. The van der Waals surface area contributed by atoms with E-state index in [9.17, 15) is 14.4 Å². The smallest absolute Gasteiger partial charge is 0.262 e. The number of para-hydroxylation sites is 1. The first-order valence-electron chi connectivity index (χ1n) is 9.32. The third kappa shape index (κ3) is 4.82. The van der Waals surface area contributed by atoms with E-state index in [0.717, 1.165) is 24.9 Å². The summed E-state index contributed by atoms with van der Waals surface area (Å²) in [7, 11) is 0. The fourth-order valence-electron chi connectivity index (χ4n) is 3.33. The molecule has 1 aromatic carbocycles. The minimum Gasteiger partial charge on any atom is -0.356 e. The van der Waals surface area contributed by atoms with Gasteiger partial charge in [-0.3, -0.25) is 19.0 Å². The summed E-state index contributed by atoms with van der Waals surface area (Å²) < 4.78 is 1.87. The lowest BCUT2D eigenvalue weighted by atomic mass is 10.2. The van der Waals surface area contributed by atoms with Gasteiger partial charge in [0.2, 0.25) is 11.8 Å². The van der Waals surface area contributed by atoms with E-state index in [4.69, 9.17) is 12.2 Å². The molecule has 0 saturated carbocycles. The van der Waals surface area contributed by atoms with Crippen LogP contribution in [0.25, 0.3) is 10.9 Å². The van der Waals surface area contributed by atoms with E-state index in [1.54, 1.807) is 6.07 Å². The summed E-state index contributed by atoms with van der Waals surface area (Å²) in [6.07, 6.45) is 3.19. The van der Waals surface area contributed by atoms with Crippen LogP contribution < -0.4 is 10.9 Å². The number of carbonyl (C=O) groups excluding carboxylic acids is 2. The Morgan fingerprint density at radius 2 is 2.00 bits per heavy atom. The SMILES string of the molecule is O=C(CCCn1c(=S)[nH]c2ccccc2c1=O)NCCCN1CCCC1=O. The van der Waals surface area contributed by atoms with Crippen LogP contribution in [0.2, 0.25) is 0 Å². The Balaban J connectivity index is 1.43. The van der Waals surface area contributed by atoms with Gasteiger partial charge in [0.1, 0.15) is 0 Å². The molecule has 0 aliphatic carbocycles. The predicted molar refractivity (Wildman–Crippen MR) is 106 cm³/mol. The maximum Gasteiger partial charge on any atom is 0.262 e. The van der Waals surface area contributed by atoms with Crippen molar-refractivity contribution in [1.29, 1.82) is 0 Å². The molecule has 3 rings (SSSR count). The molecule has 2 heterocycles. The number of nitrogens with one attached hydrogen (secondary N) is 2. The van der Waals surface area contributed by atoms with Crippen molar-refractivity contribution in [2.24, 2.45) is 0 Å². The van der Waals surface area contributed by atoms with E-state index < -0.39 is 0 Å². The van der Waals surface area contributed by atoms with Crippen molar-refractivity contribution in [2.45, 2.75) is 38.6 Å². The maximum absolute atomic E-state index is 12.5. The Morgan fingerprint density at radius 3 is 2.78 bits per heavy atom. The van der Waals surface area contributed by atoms with E-state index in [1.807, 2.05) is 23.1 Å². The monoisotopic (exact) mass is 388 g/mol. The minimum atomic E-state index is -0.134. The van der Waals surface area contributed by atoms with Crippen LogP contribution in [-0.4, -0.2) is 45.9 Å². The zero-order valence-electron chi connectivity index (χ0n) is 15.2. The van der Waals surface area contributed by atoms with Gasteiger partial charge < -0.3 is 15.2 Å². The minimum absolute atomic E-state index is 0.0496. The number of fused-ring (bicyclic) bond motifs is 1. The number of aromatic nitrogens is 2. The Bertz CT molecular complexity index is 950. The zero-order valence-corrected chi connectivity index (χ0v) is 16.0. The first-order chi connectivity index (χ1) is 13.1. The summed E-state index contributed by atoms with van der Waals surface area (Å²) in [6, 6.07) is 7.24. The van der Waals surface area contributed by atoms with Gasteiger partial charge in [-0.25, -0.2) is 0 Å². The Morgan fingerprint density at radius 1 is 1.19 bits per heavy atom. The van der Waals surface area contributed by atoms with Crippen LogP contribution in [0.1, 0.15) is 32.1 Å². The number of amides is 2. The topological polar surface area (TPSA) is 87.2 Å². The number of aromatic amines is 1. The highest BCUT2D eigenvalue weighted by molar-refractivity contribution is 7.71. The van der Waals surface area contributed by atoms with Gasteiger partial charge in [-0.05, 0) is 43.6 Å². The van der Waals surface area contributed by atoms with Crippen molar-refractivity contribution < 1.29 is 9.59 Å². The highest BCUT2D eigenvalue weighted by Gasteiger charge is 2.19. The molecule has 1 fully saturated rings. The molecule has 8 heteroatoms. The molecule has 2 N–H and O–H groups in total. The average molecular weight is 388 g/mol. The second-order valence-electron chi connectivity index (χ2n) is 6.72. The summed E-state index contributed by atoms with van der Waals surface area (Å²) in [5.74, 6) is 0.158. The van der Waals surface area contributed by atoms with Gasteiger partial charge in [-0.15, -0.1) is 0 Å². The van der Waals surface area contributed by atoms with Crippen LogP contribution in [0.3, 0.4) is 0 Å². The molecule has 0 radical (unpaired) electrons. The standard InChI is InChI=1S/C19H24N4O3S/c24-16(20-10-5-12-22-11-4-9-17(22)25)8-3-13-23-18(26)14-6-1-2-7-15(14)21-19(23)27/h1-2,6-7H,3-5,8-13H2,(H,20,24)(H,21,27). The first kappa shape index (κ1) is 19.3. The Hall–Kier alpha value is -2.48. The second kappa shape index (κ2) is 8.94. The molecule has 1 aliphatic heterocycles. The van der Waals surface area contributed by atoms with Crippen LogP contribution >= 0.6 is 12.2 Å². The molecular weight excluding hydrogens is 364 g/mol. The van der Waals surface area contributed by atoms with E-state index in [2.05, 4.69) is 10.3 Å². The van der Waals surface area contributed by atoms with Gasteiger partial charge in [-0.1, -0.05) is 12.1 Å². The van der Waals surface area contributed by atoms with Crippen LogP contribution in [-0.2, 0) is 16.1 Å². The van der Waals surface area contributed by atoms with Crippen LogP contribution in [0.5, 0.6) is 0 Å². The molecular formula is C19H24N4O3S. The Kier molecular flexibility index (Phi) is 6.39. The number of carbonyl (C=O) groups is 2. The van der Waals surface area contributed by atoms with Crippen molar-refractivity contribution in [2.75, 3.05) is 19.6 Å². The molecule has 1 saturated heterocycles. The fraction of sp³-hybridized carbons (Fsp3) is 0.474. The van der Waals surface area contributed by atoms with Crippen molar-refractivity contribution in [3.8, 4) is 0 Å². The van der Waals surface area contributed by atoms with E-state index in [1.165, 1.54) is 4.57 Å².